The Balaban J connectivity index is 0.000000684. The largest absolute Gasteiger partial charge is 0.466 e. The van der Waals surface area contributed by atoms with Gasteiger partial charge in [0.25, 0.3) is 0 Å². The van der Waals surface area contributed by atoms with Gasteiger partial charge < -0.3 is 10.1 Å². The van der Waals surface area contributed by atoms with Crippen LogP contribution in [0.1, 0.15) is 26.7 Å². The van der Waals surface area contributed by atoms with Gasteiger partial charge in [0, 0.05) is 0 Å². The smallest absolute Gasteiger partial charge is 0.315 e. The Morgan fingerprint density at radius 2 is 1.64 bits per heavy atom. The third kappa shape index (κ3) is 9.79. The molecular weight excluding hydrogens is 435 g/mol. The molecule has 1 amide bonds. The van der Waals surface area contributed by atoms with Crippen molar-refractivity contribution in [3.05, 3.63) is 24.3 Å². The zero-order valence-corrected chi connectivity index (χ0v) is 17.4. The number of anilines is 1. The van der Waals surface area contributed by atoms with E-state index in [2.05, 4.69) is 10.1 Å². The van der Waals surface area contributed by atoms with Gasteiger partial charge in [-0.2, -0.15) is 0 Å². The highest BCUT2D eigenvalue weighted by atomic mass is 35.5. The van der Waals surface area contributed by atoms with Crippen LogP contribution in [0.15, 0.2) is 29.2 Å². The monoisotopic (exact) mass is 454 g/mol. The van der Waals surface area contributed by atoms with Crippen molar-refractivity contribution in [1.82, 2.24) is 0 Å². The molecule has 0 aliphatic rings. The van der Waals surface area contributed by atoms with Gasteiger partial charge >= 0.3 is 5.97 Å². The quantitative estimate of drug-likeness (QED) is 0.345. The number of benzene rings is 1. The Morgan fingerprint density at radius 3 is 2.04 bits per heavy atom. The zero-order valence-electron chi connectivity index (χ0n) is 15.1. The topological polar surface area (TPSA) is 150 Å². The van der Waals surface area contributed by atoms with E-state index in [1.807, 2.05) is 0 Å². The van der Waals surface area contributed by atoms with E-state index >= 15 is 0 Å². The highest BCUT2D eigenvalue weighted by molar-refractivity contribution is 7.89. The number of para-hydroxylation sites is 1. The van der Waals surface area contributed by atoms with Crippen LogP contribution in [0.2, 0.25) is 0 Å². The fraction of sp³-hybridized carbons (Fsp3) is 0.375. The molecule has 0 aliphatic heterocycles. The van der Waals surface area contributed by atoms with Crippen molar-refractivity contribution in [1.29, 1.82) is 0 Å². The molecule has 0 spiro atoms. The van der Waals surface area contributed by atoms with Gasteiger partial charge in [0.2, 0.25) is 26.4 Å². The summed E-state index contributed by atoms with van der Waals surface area (Å²) in [6.45, 7) is 3.46. The molecule has 156 valence electrons. The standard InChI is InChI=1S/C11H14N2O5S.C5H6Cl2O2/c1-2-18-11(15)7-10(14)13-8-5-3-4-6-9(8)19(12,16)17;1-2-3(4(6)8)5(7)9/h3-6H,2,7H2,1H3,(H,13,14)(H2,12,16,17);3H,2H2,1H3. The van der Waals surface area contributed by atoms with Crippen LogP contribution in [-0.4, -0.2) is 37.4 Å². The van der Waals surface area contributed by atoms with Gasteiger partial charge in [-0.15, -0.1) is 0 Å². The summed E-state index contributed by atoms with van der Waals surface area (Å²) in [7, 11) is -3.95. The number of halogens is 2. The molecule has 0 saturated heterocycles. The van der Waals surface area contributed by atoms with Crippen molar-refractivity contribution in [3.63, 3.8) is 0 Å². The molecule has 12 heteroatoms. The number of hydrogen-bond donors (Lipinski definition) is 2. The SMILES string of the molecule is CCC(C(=O)Cl)C(=O)Cl.CCOC(=O)CC(=O)Nc1ccccc1S(N)(=O)=O. The summed E-state index contributed by atoms with van der Waals surface area (Å²) < 4.78 is 27.2. The number of amides is 1. The Bertz CT molecular complexity index is 814. The van der Waals surface area contributed by atoms with Gasteiger partial charge in [0.1, 0.15) is 17.2 Å². The Kier molecular flexibility index (Phi) is 11.6. The highest BCUT2D eigenvalue weighted by Crippen LogP contribution is 2.19. The number of carbonyl (C=O) groups excluding carboxylic acids is 4. The van der Waals surface area contributed by atoms with Crippen LogP contribution in [0.3, 0.4) is 0 Å². The van der Waals surface area contributed by atoms with E-state index in [0.717, 1.165) is 0 Å². The van der Waals surface area contributed by atoms with Crippen LogP contribution in [0.4, 0.5) is 5.69 Å². The van der Waals surface area contributed by atoms with Crippen molar-refractivity contribution in [2.24, 2.45) is 11.1 Å². The van der Waals surface area contributed by atoms with Gasteiger partial charge in [0.05, 0.1) is 12.3 Å². The summed E-state index contributed by atoms with van der Waals surface area (Å²) in [6.07, 6.45) is -0.128. The van der Waals surface area contributed by atoms with Crippen molar-refractivity contribution < 1.29 is 32.3 Å². The van der Waals surface area contributed by atoms with Gasteiger partial charge in [-0.25, -0.2) is 13.6 Å². The minimum absolute atomic E-state index is 0.0271. The molecule has 0 fully saturated rings. The lowest BCUT2D eigenvalue weighted by molar-refractivity contribution is -0.145. The van der Waals surface area contributed by atoms with E-state index in [0.29, 0.717) is 6.42 Å². The average Bonchev–Trinajstić information content (AvgIpc) is 2.54. The van der Waals surface area contributed by atoms with Gasteiger partial charge in [0.15, 0.2) is 0 Å². The second kappa shape index (κ2) is 12.4. The number of carbonyl (C=O) groups is 4. The first kappa shape index (κ1) is 26.0. The molecule has 0 radical (unpaired) electrons. The van der Waals surface area contributed by atoms with Crippen LogP contribution in [-0.2, 0) is 33.9 Å². The van der Waals surface area contributed by atoms with Crippen LogP contribution >= 0.6 is 23.2 Å². The van der Waals surface area contributed by atoms with Crippen molar-refractivity contribution in [3.8, 4) is 0 Å². The normalized spacial score (nSPS) is 10.5. The summed E-state index contributed by atoms with van der Waals surface area (Å²) in [4.78, 5) is 43.0. The molecule has 0 heterocycles. The summed E-state index contributed by atoms with van der Waals surface area (Å²) in [5.74, 6) is -2.18. The lowest BCUT2D eigenvalue weighted by Gasteiger charge is -2.09. The third-order valence-corrected chi connectivity index (χ3v) is 4.53. The zero-order chi connectivity index (χ0) is 21.9. The summed E-state index contributed by atoms with van der Waals surface area (Å²) in [5.41, 5.74) is 0.0271. The maximum absolute atomic E-state index is 11.5. The molecule has 0 aliphatic carbocycles. The number of nitrogens with two attached hydrogens (primary N) is 1. The molecule has 0 atom stereocenters. The van der Waals surface area contributed by atoms with E-state index in [-0.39, 0.29) is 17.2 Å². The summed E-state index contributed by atoms with van der Waals surface area (Å²) in [6, 6.07) is 5.65. The molecule has 1 rings (SSSR count). The number of primary sulfonamides is 1. The first-order valence-corrected chi connectivity index (χ1v) is 10.2. The molecule has 1 aromatic rings. The fourth-order valence-electron chi connectivity index (χ4n) is 1.77. The van der Waals surface area contributed by atoms with Gasteiger partial charge in [-0.05, 0) is 48.7 Å². The first-order valence-electron chi connectivity index (χ1n) is 7.89. The van der Waals surface area contributed by atoms with E-state index in [9.17, 15) is 27.6 Å². The minimum Gasteiger partial charge on any atom is -0.466 e. The van der Waals surface area contributed by atoms with E-state index in [1.54, 1.807) is 13.8 Å². The number of rotatable bonds is 8. The van der Waals surface area contributed by atoms with Crippen LogP contribution in [0.25, 0.3) is 0 Å². The molecule has 0 bridgehead atoms. The summed E-state index contributed by atoms with van der Waals surface area (Å²) in [5, 5.41) is 5.95. The van der Waals surface area contributed by atoms with E-state index in [4.69, 9.17) is 28.3 Å². The molecule has 3 N–H and O–H groups in total. The van der Waals surface area contributed by atoms with E-state index < -0.39 is 44.7 Å². The second-order valence-electron chi connectivity index (χ2n) is 5.14. The lowest BCUT2D eigenvalue weighted by atomic mass is 10.1. The Hall–Kier alpha value is -2.01. The number of esters is 1. The number of nitrogens with one attached hydrogen (secondary N) is 1. The third-order valence-electron chi connectivity index (χ3n) is 3.03. The molecule has 0 aromatic heterocycles. The number of sulfonamides is 1. The van der Waals surface area contributed by atoms with Crippen LogP contribution in [0.5, 0.6) is 0 Å². The molecule has 1 aromatic carbocycles. The predicted molar refractivity (Wildman–Crippen MR) is 103 cm³/mol. The number of ether oxygens (including phenoxy) is 1. The van der Waals surface area contributed by atoms with Crippen LogP contribution in [0, 0.1) is 5.92 Å². The van der Waals surface area contributed by atoms with E-state index in [1.165, 1.54) is 24.3 Å². The number of hydrogen-bond acceptors (Lipinski definition) is 7. The predicted octanol–water partition coefficient (Wildman–Crippen LogP) is 1.77. The average molecular weight is 455 g/mol. The highest BCUT2D eigenvalue weighted by Gasteiger charge is 2.20. The Morgan fingerprint density at radius 1 is 1.11 bits per heavy atom. The minimum atomic E-state index is -3.95. The van der Waals surface area contributed by atoms with Crippen LogP contribution < -0.4 is 10.5 Å². The molecule has 0 saturated carbocycles. The van der Waals surface area contributed by atoms with Crippen molar-refractivity contribution in [2.45, 2.75) is 31.6 Å². The van der Waals surface area contributed by atoms with Gasteiger partial charge in [-0.1, -0.05) is 19.1 Å². The second-order valence-corrected chi connectivity index (χ2v) is 7.42. The maximum Gasteiger partial charge on any atom is 0.315 e. The molecule has 28 heavy (non-hydrogen) atoms. The Labute approximate surface area is 172 Å². The molecular formula is C16H20Cl2N2O7S. The molecule has 0 unspecified atom stereocenters. The molecule has 9 nitrogen and oxygen atoms in total. The van der Waals surface area contributed by atoms with Gasteiger partial charge in [-0.3, -0.25) is 19.2 Å². The fourth-order valence-corrected chi connectivity index (χ4v) is 3.02. The summed E-state index contributed by atoms with van der Waals surface area (Å²) >= 11 is 9.99. The van der Waals surface area contributed by atoms with Crippen molar-refractivity contribution >= 4 is 61.3 Å². The maximum atomic E-state index is 11.5. The lowest BCUT2D eigenvalue weighted by Crippen LogP contribution is -2.21. The first-order chi connectivity index (χ1) is 12.9. The van der Waals surface area contributed by atoms with Crippen molar-refractivity contribution in [2.75, 3.05) is 11.9 Å².